The molecule has 2 aliphatic heterocycles. The van der Waals surface area contributed by atoms with Crippen LogP contribution in [-0.4, -0.2) is 81.6 Å². The summed E-state index contributed by atoms with van der Waals surface area (Å²) in [4.78, 5) is 74.1. The third-order valence-electron chi connectivity index (χ3n) is 11.4. The van der Waals surface area contributed by atoms with E-state index in [1.165, 1.54) is 25.7 Å². The van der Waals surface area contributed by atoms with Gasteiger partial charge in [-0.2, -0.15) is 4.98 Å². The van der Waals surface area contributed by atoms with Crippen molar-refractivity contribution in [1.29, 1.82) is 0 Å². The summed E-state index contributed by atoms with van der Waals surface area (Å²) in [5.74, 6) is 2.46. The minimum atomic E-state index is -0.201. The van der Waals surface area contributed by atoms with Gasteiger partial charge in [0.2, 0.25) is 17.1 Å². The number of benzene rings is 2. The number of fused-ring (bicyclic) bond motifs is 2. The van der Waals surface area contributed by atoms with E-state index in [0.29, 0.717) is 23.5 Å². The van der Waals surface area contributed by atoms with Crippen molar-refractivity contribution in [2.45, 2.75) is 130 Å². The monoisotopic (exact) mass is 824 g/mol. The summed E-state index contributed by atoms with van der Waals surface area (Å²) in [6.45, 7) is 5.66. The molecule has 2 aliphatic carbocycles. The number of nitrogens with zero attached hydrogens (tertiary/aromatic N) is 8. The molecule has 0 spiro atoms. The first kappa shape index (κ1) is 46.5. The predicted molar refractivity (Wildman–Crippen MR) is 238 cm³/mol. The highest BCUT2D eigenvalue weighted by Crippen LogP contribution is 2.41. The number of Topliss-reactive ketones (excluding diaryl/α,β-unsaturated/α-hetero) is 2. The van der Waals surface area contributed by atoms with Gasteiger partial charge in [0.15, 0.2) is 23.2 Å². The SMILES string of the molecule is C.C.CC(=O)c1ccccc1.CC[C@@H]1C(=O)N(C)c2cnc(CC(=O)c3ccccc3)nc2N1C1CCCC1.CC[C@@H]1C(=O)N(C)c2cnc(Cl)nc2N1C1CCCC1. The molecule has 0 unspecified atom stereocenters. The van der Waals surface area contributed by atoms with Crippen molar-refractivity contribution in [2.75, 3.05) is 33.7 Å². The van der Waals surface area contributed by atoms with Gasteiger partial charge in [-0.25, -0.2) is 15.0 Å². The van der Waals surface area contributed by atoms with Crippen LogP contribution in [0.4, 0.5) is 23.0 Å². The highest BCUT2D eigenvalue weighted by atomic mass is 35.5. The summed E-state index contributed by atoms with van der Waals surface area (Å²) in [5, 5.41) is 0.240. The summed E-state index contributed by atoms with van der Waals surface area (Å²) in [6, 6.07) is 18.8. The smallest absolute Gasteiger partial charge is 0.249 e. The molecule has 2 aromatic heterocycles. The highest BCUT2D eigenvalue weighted by molar-refractivity contribution is 6.28. The molecule has 59 heavy (non-hydrogen) atoms. The minimum absolute atomic E-state index is 0. The Hall–Kier alpha value is -5.23. The van der Waals surface area contributed by atoms with E-state index in [4.69, 9.17) is 16.6 Å². The van der Waals surface area contributed by atoms with Crippen LogP contribution in [0.25, 0.3) is 0 Å². The molecular weight excluding hydrogens is 764 g/mol. The van der Waals surface area contributed by atoms with Crippen molar-refractivity contribution < 1.29 is 19.2 Å². The van der Waals surface area contributed by atoms with E-state index in [0.717, 1.165) is 67.1 Å². The van der Waals surface area contributed by atoms with E-state index in [1.54, 1.807) is 43.2 Å². The van der Waals surface area contributed by atoms with E-state index < -0.39 is 0 Å². The fourth-order valence-electron chi connectivity index (χ4n) is 8.41. The van der Waals surface area contributed by atoms with Crippen LogP contribution < -0.4 is 19.6 Å². The number of carbonyl (C=O) groups is 4. The van der Waals surface area contributed by atoms with Crippen molar-refractivity contribution in [3.8, 4) is 0 Å². The molecule has 2 atom stereocenters. The summed E-state index contributed by atoms with van der Waals surface area (Å²) < 4.78 is 0. The molecule has 0 saturated heterocycles. The quantitative estimate of drug-likeness (QED) is 0.125. The largest absolute Gasteiger partial charge is 0.340 e. The number of anilines is 4. The zero-order valence-corrected chi connectivity index (χ0v) is 34.4. The first-order valence-electron chi connectivity index (χ1n) is 20.2. The lowest BCUT2D eigenvalue weighted by molar-refractivity contribution is -0.120. The number of rotatable bonds is 8. The van der Waals surface area contributed by atoms with Gasteiger partial charge in [0.1, 0.15) is 29.3 Å². The van der Waals surface area contributed by atoms with Gasteiger partial charge in [-0.05, 0) is 57.0 Å². The number of amides is 2. The first-order chi connectivity index (χ1) is 27.5. The molecule has 2 aromatic carbocycles. The molecule has 0 bridgehead atoms. The third kappa shape index (κ3) is 10.3. The fourth-order valence-corrected chi connectivity index (χ4v) is 8.54. The number of aromatic nitrogens is 4. The highest BCUT2D eigenvalue weighted by Gasteiger charge is 2.42. The van der Waals surface area contributed by atoms with Gasteiger partial charge in [-0.3, -0.25) is 19.2 Å². The van der Waals surface area contributed by atoms with Crippen molar-refractivity contribution >= 4 is 58.0 Å². The first-order valence-corrected chi connectivity index (χ1v) is 20.6. The standard InChI is InChI=1S/C22H26N4O2.C14H19ClN4O.C8H8O.2CH4/c1-3-17-22(28)25(2)18-14-23-20(13-19(27)15-9-5-4-6-10-15)24-21(18)26(17)16-11-7-8-12-16;1-3-10-13(20)18(2)11-8-16-14(15)17-12(11)19(10)9-6-4-5-7-9;1-7(9)8-5-3-2-4-6-8;;/h4-6,9-10,14,16-17H,3,7-8,11-13H2,1-2H3;8-10H,3-7H2,1-2H3;2-6H,1H3;2*1H4/t17-;10-;;;/m11.../s1. The summed E-state index contributed by atoms with van der Waals surface area (Å²) in [6.07, 6.45) is 14.2. The van der Waals surface area contributed by atoms with Gasteiger partial charge in [0, 0.05) is 37.3 Å². The molecule has 2 amide bonds. The maximum absolute atomic E-state index is 12.9. The second-order valence-electron chi connectivity index (χ2n) is 15.1. The van der Waals surface area contributed by atoms with Crippen molar-refractivity contribution in [3.05, 3.63) is 95.3 Å². The van der Waals surface area contributed by atoms with E-state index in [9.17, 15) is 19.2 Å². The summed E-state index contributed by atoms with van der Waals surface area (Å²) in [7, 11) is 3.57. The van der Waals surface area contributed by atoms with E-state index in [-0.39, 0.29) is 62.0 Å². The molecule has 8 rings (SSSR count). The van der Waals surface area contributed by atoms with E-state index >= 15 is 0 Å². The average molecular weight is 825 g/mol. The Morgan fingerprint density at radius 2 is 1.08 bits per heavy atom. The normalized spacial score (nSPS) is 18.7. The summed E-state index contributed by atoms with van der Waals surface area (Å²) in [5.41, 5.74) is 2.93. The predicted octanol–water partition coefficient (Wildman–Crippen LogP) is 9.20. The topological polar surface area (TPSA) is 133 Å². The molecular formula is C46H61ClN8O4. The Kier molecular flexibility index (Phi) is 16.7. The van der Waals surface area contributed by atoms with Gasteiger partial charge >= 0.3 is 0 Å². The molecule has 12 nitrogen and oxygen atoms in total. The maximum atomic E-state index is 12.9. The Morgan fingerprint density at radius 3 is 1.51 bits per heavy atom. The number of carbonyl (C=O) groups excluding carboxylic acids is 4. The molecule has 4 aliphatic rings. The van der Waals surface area contributed by atoms with Crippen LogP contribution in [0.15, 0.2) is 73.1 Å². The number of ketones is 2. The zero-order chi connectivity index (χ0) is 40.6. The summed E-state index contributed by atoms with van der Waals surface area (Å²) >= 11 is 5.97. The van der Waals surface area contributed by atoms with Crippen molar-refractivity contribution in [3.63, 3.8) is 0 Å². The van der Waals surface area contributed by atoms with Crippen LogP contribution in [0.2, 0.25) is 5.28 Å². The van der Waals surface area contributed by atoms with Gasteiger partial charge in [0.25, 0.3) is 0 Å². The Labute approximate surface area is 355 Å². The molecule has 0 radical (unpaired) electrons. The van der Waals surface area contributed by atoms with Crippen LogP contribution in [0.3, 0.4) is 0 Å². The van der Waals surface area contributed by atoms with Gasteiger partial charge < -0.3 is 19.6 Å². The lowest BCUT2D eigenvalue weighted by Crippen LogP contribution is -2.55. The molecule has 4 heterocycles. The number of halogens is 1. The Balaban J connectivity index is 0.000000216. The molecule has 4 aromatic rings. The van der Waals surface area contributed by atoms with Crippen LogP contribution in [0.5, 0.6) is 0 Å². The molecule has 0 N–H and O–H groups in total. The number of hydrogen-bond acceptors (Lipinski definition) is 10. The second kappa shape index (κ2) is 21.2. The zero-order valence-electron chi connectivity index (χ0n) is 33.6. The Bertz CT molecular complexity index is 2040. The third-order valence-corrected chi connectivity index (χ3v) is 11.6. The minimum Gasteiger partial charge on any atom is -0.340 e. The van der Waals surface area contributed by atoms with Gasteiger partial charge in [-0.1, -0.05) is 115 Å². The molecule has 13 heteroatoms. The molecule has 316 valence electrons. The van der Waals surface area contributed by atoms with Crippen LogP contribution in [-0.2, 0) is 16.0 Å². The van der Waals surface area contributed by atoms with Crippen molar-refractivity contribution in [1.82, 2.24) is 19.9 Å². The van der Waals surface area contributed by atoms with Crippen LogP contribution >= 0.6 is 11.6 Å². The second-order valence-corrected chi connectivity index (χ2v) is 15.4. The maximum Gasteiger partial charge on any atom is 0.249 e. The molecule has 2 fully saturated rings. The Morgan fingerprint density at radius 1 is 0.661 bits per heavy atom. The lowest BCUT2D eigenvalue weighted by Gasteiger charge is -2.43. The molecule has 2 saturated carbocycles. The average Bonchev–Trinajstić information content (AvgIpc) is 3.97. The van der Waals surface area contributed by atoms with Crippen molar-refractivity contribution in [2.24, 2.45) is 0 Å². The van der Waals surface area contributed by atoms with Gasteiger partial charge in [0.05, 0.1) is 18.8 Å². The fraction of sp³-hybridized carbons (Fsp3) is 0.478. The van der Waals surface area contributed by atoms with Crippen LogP contribution in [0, 0.1) is 0 Å². The lowest BCUT2D eigenvalue weighted by atomic mass is 10.0. The van der Waals surface area contributed by atoms with E-state index in [1.807, 2.05) is 74.5 Å². The van der Waals surface area contributed by atoms with Gasteiger partial charge in [-0.15, -0.1) is 0 Å². The number of likely N-dealkylation sites (N-methyl/N-ethyl adjacent to an activating group) is 2. The van der Waals surface area contributed by atoms with Crippen LogP contribution in [0.1, 0.15) is 126 Å². The number of hydrogen-bond donors (Lipinski definition) is 0. The van der Waals surface area contributed by atoms with E-state index in [2.05, 4.69) is 24.8 Å².